The fourth-order valence-electron chi connectivity index (χ4n) is 2.53. The summed E-state index contributed by atoms with van der Waals surface area (Å²) in [5.74, 6) is 0. The molecule has 1 aromatic heterocycles. The summed E-state index contributed by atoms with van der Waals surface area (Å²) in [4.78, 5) is 2.32. The number of hydrogen-bond acceptors (Lipinski definition) is 4. The Morgan fingerprint density at radius 2 is 2.47 bits per heavy atom. The number of ether oxygens (including phenoxy) is 1. The molecule has 0 bridgehead atoms. The highest BCUT2D eigenvalue weighted by Crippen LogP contribution is 2.21. The van der Waals surface area contributed by atoms with Crippen LogP contribution in [0.15, 0.2) is 12.3 Å². The minimum Gasteiger partial charge on any atom is -0.364 e. The number of fused-ring (bicyclic) bond motifs is 1. The van der Waals surface area contributed by atoms with Gasteiger partial charge in [0, 0.05) is 19.3 Å². The molecule has 0 amide bonds. The lowest BCUT2D eigenvalue weighted by Crippen LogP contribution is -2.52. The molecule has 0 radical (unpaired) electrons. The van der Waals surface area contributed by atoms with Crippen molar-refractivity contribution >= 4 is 0 Å². The van der Waals surface area contributed by atoms with Gasteiger partial charge in [-0.15, -0.1) is 0 Å². The van der Waals surface area contributed by atoms with E-state index in [0.717, 1.165) is 26.2 Å². The summed E-state index contributed by atoms with van der Waals surface area (Å²) in [6.45, 7) is 4.31. The quantitative estimate of drug-likeness (QED) is 0.632. The first-order valence-corrected chi connectivity index (χ1v) is 5.29. The molecular weight excluding hydrogens is 192 g/mol. The maximum Gasteiger partial charge on any atom is 0.0972 e. The van der Waals surface area contributed by atoms with E-state index in [1.165, 1.54) is 5.69 Å². The third kappa shape index (κ3) is 1.56. The molecule has 1 saturated heterocycles. The maximum atomic E-state index is 5.45. The van der Waals surface area contributed by atoms with Gasteiger partial charge in [-0.05, 0) is 13.1 Å². The monoisotopic (exact) mass is 208 g/mol. The summed E-state index contributed by atoms with van der Waals surface area (Å²) in [6.07, 6.45) is 1.87. The Balaban J connectivity index is 1.94. The van der Waals surface area contributed by atoms with Crippen molar-refractivity contribution in [3.8, 4) is 0 Å². The number of nitrogens with one attached hydrogen (secondary N) is 1. The molecule has 82 valence electrons. The molecule has 1 atom stereocenters. The summed E-state index contributed by atoms with van der Waals surface area (Å²) in [7, 11) is 2.14. The Bertz CT molecular complexity index is 356. The molecule has 2 aliphatic heterocycles. The third-order valence-corrected chi connectivity index (χ3v) is 3.19. The predicted molar refractivity (Wildman–Crippen MR) is 55.2 cm³/mol. The third-order valence-electron chi connectivity index (χ3n) is 3.19. The van der Waals surface area contributed by atoms with Crippen LogP contribution in [0.3, 0.4) is 0 Å². The second kappa shape index (κ2) is 3.30. The van der Waals surface area contributed by atoms with Crippen LogP contribution in [0.1, 0.15) is 5.69 Å². The maximum absolute atomic E-state index is 5.45. The van der Waals surface area contributed by atoms with E-state index in [1.54, 1.807) is 0 Å². The van der Waals surface area contributed by atoms with Crippen molar-refractivity contribution in [2.24, 2.45) is 0 Å². The standard InChI is InChI=1S/C10H16N4O/c1-13-4-9-2-3-12-14(9)6-10(5-13)7-15-8-11-10/h2-3,11H,4-8H2,1H3. The molecule has 1 spiro atoms. The molecule has 2 aliphatic rings. The number of likely N-dealkylation sites (N-methyl/N-ethyl adjacent to an activating group) is 1. The first kappa shape index (κ1) is 9.33. The lowest BCUT2D eigenvalue weighted by molar-refractivity contribution is 0.155. The number of nitrogens with zero attached hydrogens (tertiary/aromatic N) is 3. The van der Waals surface area contributed by atoms with Crippen molar-refractivity contribution in [2.75, 3.05) is 26.9 Å². The molecule has 1 aromatic rings. The van der Waals surface area contributed by atoms with Gasteiger partial charge in [0.05, 0.1) is 31.1 Å². The van der Waals surface area contributed by atoms with Crippen LogP contribution in [0, 0.1) is 0 Å². The minimum atomic E-state index is 0.0476. The van der Waals surface area contributed by atoms with Gasteiger partial charge in [-0.1, -0.05) is 0 Å². The van der Waals surface area contributed by atoms with Crippen LogP contribution < -0.4 is 5.32 Å². The lowest BCUT2D eigenvalue weighted by Gasteiger charge is -2.29. The fraction of sp³-hybridized carbons (Fsp3) is 0.700. The average molecular weight is 208 g/mol. The summed E-state index contributed by atoms with van der Waals surface area (Å²) >= 11 is 0. The van der Waals surface area contributed by atoms with E-state index in [4.69, 9.17) is 4.74 Å². The minimum absolute atomic E-state index is 0.0476. The fourth-order valence-corrected chi connectivity index (χ4v) is 2.53. The summed E-state index contributed by atoms with van der Waals surface area (Å²) < 4.78 is 7.54. The van der Waals surface area contributed by atoms with Crippen molar-refractivity contribution in [3.63, 3.8) is 0 Å². The molecule has 0 saturated carbocycles. The van der Waals surface area contributed by atoms with Crippen LogP contribution in [0.5, 0.6) is 0 Å². The molecule has 0 aliphatic carbocycles. The van der Waals surface area contributed by atoms with Gasteiger partial charge in [0.15, 0.2) is 0 Å². The van der Waals surface area contributed by atoms with E-state index < -0.39 is 0 Å². The Hall–Kier alpha value is -0.910. The van der Waals surface area contributed by atoms with Gasteiger partial charge >= 0.3 is 0 Å². The van der Waals surface area contributed by atoms with Gasteiger partial charge in [-0.25, -0.2) is 0 Å². The lowest BCUT2D eigenvalue weighted by atomic mass is 10.0. The van der Waals surface area contributed by atoms with Gasteiger partial charge in [0.1, 0.15) is 0 Å². The smallest absolute Gasteiger partial charge is 0.0972 e. The average Bonchev–Trinajstić information content (AvgIpc) is 2.75. The van der Waals surface area contributed by atoms with Crippen LogP contribution in [0.4, 0.5) is 0 Å². The van der Waals surface area contributed by atoms with Crippen LogP contribution in [-0.2, 0) is 17.8 Å². The van der Waals surface area contributed by atoms with Crippen molar-refractivity contribution in [3.05, 3.63) is 18.0 Å². The van der Waals surface area contributed by atoms with Crippen LogP contribution in [0.2, 0.25) is 0 Å². The van der Waals surface area contributed by atoms with Crippen molar-refractivity contribution in [1.29, 1.82) is 0 Å². The Morgan fingerprint density at radius 1 is 1.53 bits per heavy atom. The van der Waals surface area contributed by atoms with Crippen LogP contribution >= 0.6 is 0 Å². The molecule has 5 nitrogen and oxygen atoms in total. The second-order valence-corrected chi connectivity index (χ2v) is 4.60. The molecule has 1 unspecified atom stereocenters. The first-order chi connectivity index (χ1) is 7.27. The van der Waals surface area contributed by atoms with E-state index in [2.05, 4.69) is 33.1 Å². The number of aromatic nitrogens is 2. The molecule has 15 heavy (non-hydrogen) atoms. The highest BCUT2D eigenvalue weighted by atomic mass is 16.5. The van der Waals surface area contributed by atoms with Gasteiger partial charge in [0.25, 0.3) is 0 Å². The van der Waals surface area contributed by atoms with Gasteiger partial charge in [0.2, 0.25) is 0 Å². The zero-order valence-electron chi connectivity index (χ0n) is 8.94. The Labute approximate surface area is 89.0 Å². The molecule has 1 fully saturated rings. The molecule has 0 aromatic carbocycles. The second-order valence-electron chi connectivity index (χ2n) is 4.60. The van der Waals surface area contributed by atoms with E-state index in [0.29, 0.717) is 6.73 Å². The van der Waals surface area contributed by atoms with Gasteiger partial charge in [-0.2, -0.15) is 5.10 Å². The zero-order valence-corrected chi connectivity index (χ0v) is 8.94. The first-order valence-electron chi connectivity index (χ1n) is 5.29. The summed E-state index contributed by atoms with van der Waals surface area (Å²) in [5.41, 5.74) is 1.33. The summed E-state index contributed by atoms with van der Waals surface area (Å²) in [6, 6.07) is 2.09. The van der Waals surface area contributed by atoms with E-state index in [-0.39, 0.29) is 5.54 Å². The van der Waals surface area contributed by atoms with Crippen LogP contribution in [-0.4, -0.2) is 47.1 Å². The number of rotatable bonds is 0. The highest BCUT2D eigenvalue weighted by Gasteiger charge is 2.38. The number of hydrogen-bond donors (Lipinski definition) is 1. The molecule has 3 rings (SSSR count). The highest BCUT2D eigenvalue weighted by molar-refractivity contribution is 5.06. The zero-order chi connectivity index (χ0) is 10.3. The molecule has 5 heteroatoms. The van der Waals surface area contributed by atoms with Crippen LogP contribution in [0.25, 0.3) is 0 Å². The Kier molecular flexibility index (Phi) is 2.05. The molecule has 3 heterocycles. The van der Waals surface area contributed by atoms with E-state index in [9.17, 15) is 0 Å². The van der Waals surface area contributed by atoms with Gasteiger partial charge < -0.3 is 4.74 Å². The molecule has 1 N–H and O–H groups in total. The largest absolute Gasteiger partial charge is 0.364 e. The normalized spacial score (nSPS) is 31.8. The van der Waals surface area contributed by atoms with Crippen molar-refractivity contribution in [1.82, 2.24) is 20.0 Å². The Morgan fingerprint density at radius 3 is 3.27 bits per heavy atom. The molecular formula is C10H16N4O. The topological polar surface area (TPSA) is 42.3 Å². The van der Waals surface area contributed by atoms with E-state index in [1.807, 2.05) is 6.20 Å². The SMILES string of the molecule is CN1Cc2ccnn2CC2(COCN2)C1. The summed E-state index contributed by atoms with van der Waals surface area (Å²) in [5, 5.41) is 7.81. The van der Waals surface area contributed by atoms with E-state index >= 15 is 0 Å². The van der Waals surface area contributed by atoms with Gasteiger partial charge in [-0.3, -0.25) is 14.9 Å². The predicted octanol–water partition coefficient (Wildman–Crippen LogP) is -0.355. The van der Waals surface area contributed by atoms with Crippen molar-refractivity contribution in [2.45, 2.75) is 18.6 Å². The van der Waals surface area contributed by atoms with Crippen molar-refractivity contribution < 1.29 is 4.74 Å².